The normalized spacial score (nSPS) is 24.7. The number of hydrogen-bond acceptors (Lipinski definition) is 4. The Hall–Kier alpha value is -2.10. The highest BCUT2D eigenvalue weighted by Gasteiger charge is 2.46. The lowest BCUT2D eigenvalue weighted by molar-refractivity contribution is -0.128. The van der Waals surface area contributed by atoms with Crippen LogP contribution < -0.4 is 11.1 Å². The van der Waals surface area contributed by atoms with Crippen LogP contribution in [0.5, 0.6) is 0 Å². The number of halogens is 1. The predicted molar refractivity (Wildman–Crippen MR) is 96.8 cm³/mol. The van der Waals surface area contributed by atoms with Crippen LogP contribution in [-0.2, 0) is 10.3 Å². The highest BCUT2D eigenvalue weighted by atomic mass is 127. The van der Waals surface area contributed by atoms with E-state index in [0.29, 0.717) is 5.69 Å². The SMILES string of the molecule is CN1C(=N)N[C@](C)(c2cnn(-c3cccc(N)c3)c2)C(I)C1=O. The van der Waals surface area contributed by atoms with Crippen molar-refractivity contribution in [2.45, 2.75) is 16.4 Å². The van der Waals surface area contributed by atoms with Crippen LogP contribution in [0.2, 0.25) is 0 Å². The van der Waals surface area contributed by atoms with Crippen LogP contribution in [0.1, 0.15) is 12.5 Å². The smallest absolute Gasteiger partial charge is 0.244 e. The number of amides is 1. The van der Waals surface area contributed by atoms with Crippen LogP contribution in [0.4, 0.5) is 5.69 Å². The molecule has 8 heteroatoms. The van der Waals surface area contributed by atoms with E-state index in [1.165, 1.54) is 4.90 Å². The summed E-state index contributed by atoms with van der Waals surface area (Å²) in [4.78, 5) is 13.7. The standard InChI is InChI=1S/C15H17IN6O/c1-15(12(16)13(23)21(2)14(18)20-15)9-7-19-22(8-9)11-5-3-4-10(17)6-11/h3-8,12H,17H2,1-2H3,(H2,18,20)/t12?,15-/m1/s1. The summed E-state index contributed by atoms with van der Waals surface area (Å²) in [6.07, 6.45) is 3.58. The maximum atomic E-state index is 12.3. The van der Waals surface area contributed by atoms with Crippen molar-refractivity contribution >= 4 is 40.1 Å². The fraction of sp³-hybridized carbons (Fsp3) is 0.267. The fourth-order valence-electron chi connectivity index (χ4n) is 2.54. The van der Waals surface area contributed by atoms with E-state index >= 15 is 0 Å². The van der Waals surface area contributed by atoms with Crippen molar-refractivity contribution < 1.29 is 4.79 Å². The van der Waals surface area contributed by atoms with Crippen molar-refractivity contribution in [1.29, 1.82) is 5.41 Å². The van der Waals surface area contributed by atoms with E-state index < -0.39 is 5.54 Å². The quantitative estimate of drug-likeness (QED) is 0.386. The van der Waals surface area contributed by atoms with Gasteiger partial charge in [-0.05, 0) is 25.1 Å². The monoisotopic (exact) mass is 424 g/mol. The van der Waals surface area contributed by atoms with Gasteiger partial charge in [0, 0.05) is 24.5 Å². The molecule has 4 N–H and O–H groups in total. The number of benzene rings is 1. The molecule has 2 atom stereocenters. The molecule has 2 heterocycles. The molecule has 2 aromatic rings. The van der Waals surface area contributed by atoms with Gasteiger partial charge in [-0.3, -0.25) is 15.1 Å². The van der Waals surface area contributed by atoms with Gasteiger partial charge in [0.1, 0.15) is 3.92 Å². The van der Waals surface area contributed by atoms with Gasteiger partial charge in [0.15, 0.2) is 5.96 Å². The van der Waals surface area contributed by atoms with Gasteiger partial charge in [-0.1, -0.05) is 28.7 Å². The third-order valence-electron chi connectivity index (χ3n) is 4.08. The molecular weight excluding hydrogens is 407 g/mol. The molecule has 1 aliphatic rings. The summed E-state index contributed by atoms with van der Waals surface area (Å²) in [5.74, 6) is -0.0179. The number of nitrogens with two attached hydrogens (primary N) is 1. The van der Waals surface area contributed by atoms with Crippen LogP contribution >= 0.6 is 22.6 Å². The number of hydrogen-bond donors (Lipinski definition) is 3. The van der Waals surface area contributed by atoms with Crippen LogP contribution in [-0.4, -0.2) is 37.5 Å². The Bertz CT molecular complexity index is 788. The maximum absolute atomic E-state index is 12.3. The largest absolute Gasteiger partial charge is 0.399 e. The van der Waals surface area contributed by atoms with Crippen LogP contribution in [0.15, 0.2) is 36.7 Å². The number of rotatable bonds is 2. The number of nitrogen functional groups attached to an aromatic ring is 1. The van der Waals surface area contributed by atoms with E-state index in [1.807, 2.05) is 37.4 Å². The Kier molecular flexibility index (Phi) is 3.78. The molecule has 3 rings (SSSR count). The van der Waals surface area contributed by atoms with Crippen LogP contribution in [0, 0.1) is 5.41 Å². The summed E-state index contributed by atoms with van der Waals surface area (Å²) in [6.45, 7) is 1.91. The molecule has 1 amide bonds. The number of nitrogens with one attached hydrogen (secondary N) is 2. The number of nitrogens with zero attached hydrogens (tertiary/aromatic N) is 3. The first-order valence-electron chi connectivity index (χ1n) is 7.02. The topological polar surface area (TPSA) is 100 Å². The molecule has 23 heavy (non-hydrogen) atoms. The summed E-state index contributed by atoms with van der Waals surface area (Å²) in [5, 5.41) is 15.5. The van der Waals surface area contributed by atoms with Crippen LogP contribution in [0.3, 0.4) is 0 Å². The van der Waals surface area contributed by atoms with Gasteiger partial charge < -0.3 is 11.1 Å². The average Bonchev–Trinajstić information content (AvgIpc) is 3.02. The van der Waals surface area contributed by atoms with Crippen molar-refractivity contribution in [3.8, 4) is 5.69 Å². The van der Waals surface area contributed by atoms with E-state index in [0.717, 1.165) is 11.3 Å². The molecule has 1 saturated heterocycles. The minimum absolute atomic E-state index is 0.0853. The first-order chi connectivity index (χ1) is 10.8. The number of alkyl halides is 1. The Balaban J connectivity index is 1.99. The third-order valence-corrected chi connectivity index (χ3v) is 5.86. The second-order valence-electron chi connectivity index (χ2n) is 5.70. The summed E-state index contributed by atoms with van der Waals surface area (Å²) in [6, 6.07) is 7.42. The van der Waals surface area contributed by atoms with E-state index in [9.17, 15) is 4.79 Å². The second kappa shape index (κ2) is 5.52. The zero-order valence-corrected chi connectivity index (χ0v) is 14.9. The van der Waals surface area contributed by atoms with Gasteiger partial charge in [0.2, 0.25) is 5.91 Å². The van der Waals surface area contributed by atoms with Gasteiger partial charge in [-0.2, -0.15) is 5.10 Å². The van der Waals surface area contributed by atoms with Crippen molar-refractivity contribution in [2.24, 2.45) is 0 Å². The molecule has 1 unspecified atom stereocenters. The Morgan fingerprint density at radius 1 is 1.48 bits per heavy atom. The number of anilines is 1. The van der Waals surface area contributed by atoms with Crippen molar-refractivity contribution in [2.75, 3.05) is 12.8 Å². The minimum atomic E-state index is -0.695. The second-order valence-corrected chi connectivity index (χ2v) is 6.95. The summed E-state index contributed by atoms with van der Waals surface area (Å²) < 4.78 is 1.37. The van der Waals surface area contributed by atoms with E-state index in [2.05, 4.69) is 33.0 Å². The molecule has 1 aromatic carbocycles. The number of carbonyl (C=O) groups is 1. The lowest BCUT2D eigenvalue weighted by Gasteiger charge is -2.42. The lowest BCUT2D eigenvalue weighted by atomic mass is 9.89. The Morgan fingerprint density at radius 3 is 2.91 bits per heavy atom. The highest BCUT2D eigenvalue weighted by Crippen LogP contribution is 2.34. The van der Waals surface area contributed by atoms with Gasteiger partial charge in [-0.25, -0.2) is 4.68 Å². The molecule has 0 saturated carbocycles. The molecule has 1 aliphatic heterocycles. The summed E-state index contributed by atoms with van der Waals surface area (Å²) in [7, 11) is 1.60. The van der Waals surface area contributed by atoms with Gasteiger partial charge in [0.25, 0.3) is 0 Å². The summed E-state index contributed by atoms with van der Waals surface area (Å²) >= 11 is 2.11. The molecule has 1 aromatic heterocycles. The lowest BCUT2D eigenvalue weighted by Crippen LogP contribution is -2.64. The molecule has 0 aliphatic carbocycles. The van der Waals surface area contributed by atoms with Crippen molar-refractivity contribution in [3.63, 3.8) is 0 Å². The summed E-state index contributed by atoms with van der Waals surface area (Å²) in [5.41, 5.74) is 7.46. The minimum Gasteiger partial charge on any atom is -0.399 e. The average molecular weight is 424 g/mol. The molecule has 0 radical (unpaired) electrons. The van der Waals surface area contributed by atoms with E-state index in [1.54, 1.807) is 17.9 Å². The van der Waals surface area contributed by atoms with Gasteiger partial charge in [0.05, 0.1) is 17.4 Å². The molecule has 7 nitrogen and oxygen atoms in total. The van der Waals surface area contributed by atoms with Crippen LogP contribution in [0.25, 0.3) is 5.69 Å². The fourth-order valence-corrected chi connectivity index (χ4v) is 3.47. The third kappa shape index (κ3) is 2.56. The zero-order chi connectivity index (χ0) is 16.8. The first kappa shape index (κ1) is 15.8. The van der Waals surface area contributed by atoms with Crippen molar-refractivity contribution in [3.05, 3.63) is 42.2 Å². The number of carbonyl (C=O) groups excluding carboxylic acids is 1. The molecule has 0 spiro atoms. The molecule has 1 fully saturated rings. The molecule has 0 bridgehead atoms. The molecular formula is C15H17IN6O. The van der Waals surface area contributed by atoms with Gasteiger partial charge in [-0.15, -0.1) is 0 Å². The molecule has 120 valence electrons. The Morgan fingerprint density at radius 2 is 2.22 bits per heavy atom. The Labute approximate surface area is 147 Å². The van der Waals surface area contributed by atoms with E-state index in [4.69, 9.17) is 11.1 Å². The first-order valence-corrected chi connectivity index (χ1v) is 8.27. The maximum Gasteiger partial charge on any atom is 0.244 e. The number of aromatic nitrogens is 2. The van der Waals surface area contributed by atoms with E-state index in [-0.39, 0.29) is 15.8 Å². The predicted octanol–water partition coefficient (Wildman–Crippen LogP) is 1.47. The van der Waals surface area contributed by atoms with Crippen molar-refractivity contribution in [1.82, 2.24) is 20.0 Å². The van der Waals surface area contributed by atoms with Gasteiger partial charge >= 0.3 is 0 Å². The zero-order valence-electron chi connectivity index (χ0n) is 12.7. The number of guanidine groups is 1. The highest BCUT2D eigenvalue weighted by molar-refractivity contribution is 14.1.